The van der Waals surface area contributed by atoms with E-state index in [1.165, 1.54) is 0 Å². The molecular weight excluding hydrogens is 216 g/mol. The van der Waals surface area contributed by atoms with Gasteiger partial charge in [0.05, 0.1) is 10.7 Å². The van der Waals surface area contributed by atoms with E-state index in [2.05, 4.69) is 0 Å². The van der Waals surface area contributed by atoms with Crippen LogP contribution in [0.25, 0.3) is 0 Å². The maximum Gasteiger partial charge on any atom is 0.104 e. The number of nitrogens with two attached hydrogens (primary N) is 1. The van der Waals surface area contributed by atoms with Crippen LogP contribution in [0.15, 0.2) is 12.1 Å². The van der Waals surface area contributed by atoms with Crippen LogP contribution < -0.4 is 10.6 Å². The van der Waals surface area contributed by atoms with Gasteiger partial charge >= 0.3 is 0 Å². The monoisotopic (exact) mass is 228 g/mol. The summed E-state index contributed by atoms with van der Waals surface area (Å²) in [6.07, 6.45) is 0. The highest BCUT2D eigenvalue weighted by Crippen LogP contribution is 2.29. The molecule has 0 aliphatic rings. The van der Waals surface area contributed by atoms with Crippen LogP contribution in [-0.4, -0.2) is 19.1 Å². The Balaban J connectivity index is 3.32. The molecule has 0 bridgehead atoms. The molecule has 0 fully saturated rings. The molecule has 0 saturated heterocycles. The topological polar surface area (TPSA) is 29.3 Å². The van der Waals surface area contributed by atoms with E-state index in [0.29, 0.717) is 10.0 Å². The summed E-state index contributed by atoms with van der Waals surface area (Å²) < 4.78 is 0. The van der Waals surface area contributed by atoms with Crippen molar-refractivity contribution in [2.75, 3.05) is 19.0 Å². The number of anilines is 1. The molecule has 0 heterocycles. The first-order valence-corrected chi connectivity index (χ1v) is 4.99. The normalized spacial score (nSPS) is 10.0. The molecule has 0 amide bonds. The van der Waals surface area contributed by atoms with Gasteiger partial charge in [0, 0.05) is 19.7 Å². The van der Waals surface area contributed by atoms with Crippen LogP contribution in [0.2, 0.25) is 5.02 Å². The largest absolute Gasteiger partial charge is 0.389 e. The third kappa shape index (κ3) is 2.16. The van der Waals surface area contributed by atoms with Crippen molar-refractivity contribution < 1.29 is 0 Å². The van der Waals surface area contributed by atoms with Crippen LogP contribution in [0.4, 0.5) is 5.69 Å². The maximum atomic E-state index is 6.12. The fourth-order valence-corrected chi connectivity index (χ4v) is 2.00. The molecule has 2 nitrogen and oxygen atoms in total. The Kier molecular flexibility index (Phi) is 3.34. The fraction of sp³-hybridized carbons (Fsp3) is 0.300. The van der Waals surface area contributed by atoms with Gasteiger partial charge < -0.3 is 10.6 Å². The molecule has 0 radical (unpaired) electrons. The van der Waals surface area contributed by atoms with Crippen molar-refractivity contribution >= 4 is 34.5 Å². The highest BCUT2D eigenvalue weighted by atomic mass is 35.5. The summed E-state index contributed by atoms with van der Waals surface area (Å²) in [5, 5.41) is 0.679. The minimum Gasteiger partial charge on any atom is -0.389 e. The second-order valence-corrected chi connectivity index (χ2v) is 4.23. The Bertz CT molecular complexity index is 351. The quantitative estimate of drug-likeness (QED) is 0.788. The second kappa shape index (κ2) is 4.15. The number of rotatable bonds is 2. The number of aryl methyl sites for hydroxylation is 1. The lowest BCUT2D eigenvalue weighted by Crippen LogP contribution is -2.14. The van der Waals surface area contributed by atoms with E-state index in [1.807, 2.05) is 32.0 Å². The summed E-state index contributed by atoms with van der Waals surface area (Å²) >= 11 is 11.0. The van der Waals surface area contributed by atoms with Gasteiger partial charge in [-0.2, -0.15) is 0 Å². The van der Waals surface area contributed by atoms with Crippen molar-refractivity contribution in [2.45, 2.75) is 6.92 Å². The number of benzene rings is 1. The Labute approximate surface area is 94.7 Å². The highest BCUT2D eigenvalue weighted by molar-refractivity contribution is 7.80. The van der Waals surface area contributed by atoms with Gasteiger partial charge in [-0.1, -0.05) is 23.8 Å². The number of halogens is 1. The fourth-order valence-electron chi connectivity index (χ4n) is 1.45. The first-order chi connectivity index (χ1) is 6.43. The van der Waals surface area contributed by atoms with Crippen LogP contribution in [0, 0.1) is 6.92 Å². The van der Waals surface area contributed by atoms with Crippen LogP contribution >= 0.6 is 23.8 Å². The lowest BCUT2D eigenvalue weighted by molar-refractivity contribution is 1.11. The van der Waals surface area contributed by atoms with E-state index in [1.54, 1.807) is 6.07 Å². The molecule has 1 rings (SSSR count). The van der Waals surface area contributed by atoms with E-state index < -0.39 is 0 Å². The van der Waals surface area contributed by atoms with Gasteiger partial charge in [0.25, 0.3) is 0 Å². The lowest BCUT2D eigenvalue weighted by atomic mass is 10.1. The third-order valence-electron chi connectivity index (χ3n) is 1.99. The summed E-state index contributed by atoms with van der Waals surface area (Å²) in [5.41, 5.74) is 8.43. The van der Waals surface area contributed by atoms with Gasteiger partial charge in [-0.15, -0.1) is 0 Å². The zero-order valence-corrected chi connectivity index (χ0v) is 10.0. The smallest absolute Gasteiger partial charge is 0.104 e. The number of nitrogens with zero attached hydrogens (tertiary/aromatic N) is 1. The zero-order chi connectivity index (χ0) is 10.9. The molecule has 0 aliphatic carbocycles. The predicted octanol–water partition coefficient (Wildman–Crippen LogP) is 2.35. The van der Waals surface area contributed by atoms with Crippen molar-refractivity contribution in [1.29, 1.82) is 0 Å². The standard InChI is InChI=1S/C10H13ClN2S/c1-6-4-7(10(12)14)5-8(11)9(6)13(2)3/h4-5H,1-3H3,(H2,12,14). The summed E-state index contributed by atoms with van der Waals surface area (Å²) in [5.74, 6) is 0. The van der Waals surface area contributed by atoms with Gasteiger partial charge in [-0.25, -0.2) is 0 Å². The molecule has 0 aromatic heterocycles. The molecule has 14 heavy (non-hydrogen) atoms. The van der Waals surface area contributed by atoms with E-state index in [4.69, 9.17) is 29.6 Å². The molecule has 1 aromatic rings. The average molecular weight is 229 g/mol. The highest BCUT2D eigenvalue weighted by Gasteiger charge is 2.09. The summed E-state index contributed by atoms with van der Waals surface area (Å²) in [7, 11) is 3.91. The molecule has 0 aliphatic heterocycles. The Hall–Kier alpha value is -0.800. The Morgan fingerprint density at radius 3 is 2.36 bits per heavy atom. The third-order valence-corrected chi connectivity index (χ3v) is 2.51. The number of thiocarbonyl (C=S) groups is 1. The van der Waals surface area contributed by atoms with E-state index in [0.717, 1.165) is 16.8 Å². The van der Waals surface area contributed by atoms with E-state index >= 15 is 0 Å². The van der Waals surface area contributed by atoms with Gasteiger partial charge in [-0.05, 0) is 24.6 Å². The van der Waals surface area contributed by atoms with Crippen molar-refractivity contribution in [3.8, 4) is 0 Å². The molecule has 76 valence electrons. The Morgan fingerprint density at radius 2 is 2.00 bits per heavy atom. The Morgan fingerprint density at radius 1 is 1.43 bits per heavy atom. The molecule has 0 atom stereocenters. The molecule has 0 saturated carbocycles. The molecule has 0 unspecified atom stereocenters. The molecule has 2 N–H and O–H groups in total. The van der Waals surface area contributed by atoms with E-state index in [-0.39, 0.29) is 0 Å². The summed E-state index contributed by atoms with van der Waals surface area (Å²) in [6.45, 7) is 1.99. The van der Waals surface area contributed by atoms with Crippen LogP contribution in [-0.2, 0) is 0 Å². The van der Waals surface area contributed by atoms with Gasteiger partial charge in [0.1, 0.15) is 4.99 Å². The first kappa shape index (κ1) is 11.3. The summed E-state index contributed by atoms with van der Waals surface area (Å²) in [6, 6.07) is 3.75. The number of hydrogen-bond acceptors (Lipinski definition) is 2. The van der Waals surface area contributed by atoms with Crippen LogP contribution in [0.3, 0.4) is 0 Å². The van der Waals surface area contributed by atoms with E-state index in [9.17, 15) is 0 Å². The first-order valence-electron chi connectivity index (χ1n) is 4.20. The minimum atomic E-state index is 0.375. The second-order valence-electron chi connectivity index (χ2n) is 3.38. The maximum absolute atomic E-state index is 6.12. The molecule has 0 spiro atoms. The molecular formula is C10H13ClN2S. The van der Waals surface area contributed by atoms with Crippen molar-refractivity contribution in [2.24, 2.45) is 5.73 Å². The average Bonchev–Trinajstić information content (AvgIpc) is 2.01. The SMILES string of the molecule is Cc1cc(C(N)=S)cc(Cl)c1N(C)C. The molecule has 4 heteroatoms. The van der Waals surface area contributed by atoms with Crippen molar-refractivity contribution in [3.63, 3.8) is 0 Å². The van der Waals surface area contributed by atoms with Crippen molar-refractivity contribution in [3.05, 3.63) is 28.3 Å². The molecule has 1 aromatic carbocycles. The van der Waals surface area contributed by atoms with Gasteiger partial charge in [-0.3, -0.25) is 0 Å². The minimum absolute atomic E-state index is 0.375. The number of hydrogen-bond donors (Lipinski definition) is 1. The van der Waals surface area contributed by atoms with Crippen LogP contribution in [0.5, 0.6) is 0 Å². The van der Waals surface area contributed by atoms with Crippen molar-refractivity contribution in [1.82, 2.24) is 0 Å². The lowest BCUT2D eigenvalue weighted by Gasteiger charge is -2.18. The van der Waals surface area contributed by atoms with Gasteiger partial charge in [0.2, 0.25) is 0 Å². The zero-order valence-electron chi connectivity index (χ0n) is 8.47. The van der Waals surface area contributed by atoms with Gasteiger partial charge in [0.15, 0.2) is 0 Å². The van der Waals surface area contributed by atoms with Crippen LogP contribution in [0.1, 0.15) is 11.1 Å². The predicted molar refractivity (Wildman–Crippen MR) is 66.4 cm³/mol. The summed E-state index contributed by atoms with van der Waals surface area (Å²) in [4.78, 5) is 2.35.